The van der Waals surface area contributed by atoms with Crippen molar-refractivity contribution in [3.8, 4) is 0 Å². The van der Waals surface area contributed by atoms with Gasteiger partial charge in [-0.25, -0.2) is 4.98 Å². The Morgan fingerprint density at radius 2 is 1.82 bits per heavy atom. The van der Waals surface area contributed by atoms with Crippen molar-refractivity contribution in [1.29, 1.82) is 0 Å². The van der Waals surface area contributed by atoms with E-state index in [-0.39, 0.29) is 23.9 Å². The Kier molecular flexibility index (Phi) is 6.90. The molecular formula is C28H25F3N4O3. The summed E-state index contributed by atoms with van der Waals surface area (Å²) < 4.78 is 45.6. The van der Waals surface area contributed by atoms with E-state index in [2.05, 4.69) is 20.6 Å². The molecule has 0 spiro atoms. The second kappa shape index (κ2) is 10.3. The lowest BCUT2D eigenvalue weighted by molar-refractivity contribution is -0.137. The van der Waals surface area contributed by atoms with Crippen molar-refractivity contribution in [1.82, 2.24) is 15.3 Å². The third-order valence-corrected chi connectivity index (χ3v) is 6.57. The van der Waals surface area contributed by atoms with Crippen LogP contribution in [0.25, 0.3) is 11.0 Å². The number of halogens is 3. The number of amides is 2. The van der Waals surface area contributed by atoms with Gasteiger partial charge in [0.25, 0.3) is 11.8 Å². The highest BCUT2D eigenvalue weighted by molar-refractivity contribution is 6.10. The first kappa shape index (κ1) is 25.5. The lowest BCUT2D eigenvalue weighted by Crippen LogP contribution is -2.31. The van der Waals surface area contributed by atoms with Crippen LogP contribution in [0.3, 0.4) is 0 Å². The minimum absolute atomic E-state index is 0.154. The number of rotatable bonds is 6. The van der Waals surface area contributed by atoms with Crippen molar-refractivity contribution in [3.63, 3.8) is 0 Å². The number of H-pyrrole nitrogens is 1. The number of alkyl halides is 3. The van der Waals surface area contributed by atoms with E-state index >= 15 is 0 Å². The van der Waals surface area contributed by atoms with Gasteiger partial charge in [0, 0.05) is 12.8 Å². The van der Waals surface area contributed by atoms with Crippen LogP contribution in [0.5, 0.6) is 0 Å². The minimum Gasteiger partial charge on any atom is -0.377 e. The van der Waals surface area contributed by atoms with Gasteiger partial charge in [0.15, 0.2) is 0 Å². The number of nitrogens with zero attached hydrogens (tertiary/aromatic N) is 1. The predicted molar refractivity (Wildman–Crippen MR) is 136 cm³/mol. The molecule has 0 saturated carbocycles. The maximum atomic E-state index is 13.5. The number of anilines is 1. The molecule has 10 heteroatoms. The number of imidazole rings is 1. The number of aryl methyl sites for hydroxylation is 1. The smallest absolute Gasteiger partial charge is 0.377 e. The van der Waals surface area contributed by atoms with Crippen molar-refractivity contribution in [2.75, 3.05) is 12.4 Å². The number of carbonyl (C=O) groups excluding carboxylic acids is 2. The number of hydrogen-bond donors (Lipinski definition) is 3. The predicted octanol–water partition coefficient (Wildman–Crippen LogP) is 5.79. The van der Waals surface area contributed by atoms with Gasteiger partial charge in [-0.2, -0.15) is 13.2 Å². The lowest BCUT2D eigenvalue weighted by atomic mass is 9.87. The Bertz CT molecular complexity index is 1510. The SMILES string of the molecule is COCc1nc2c(C(=O)NC3CCCc4ccccc43)cc(NC(=O)c3ccccc3C(F)(F)F)cc2[nH]1. The highest BCUT2D eigenvalue weighted by Gasteiger charge is 2.35. The second-order valence-corrected chi connectivity index (χ2v) is 9.15. The number of benzene rings is 3. The van der Waals surface area contributed by atoms with Crippen molar-refractivity contribution in [3.05, 3.63) is 94.3 Å². The average Bonchev–Trinajstić information content (AvgIpc) is 3.30. The van der Waals surface area contributed by atoms with Gasteiger partial charge in [-0.05, 0) is 54.7 Å². The molecule has 3 aromatic carbocycles. The summed E-state index contributed by atoms with van der Waals surface area (Å²) in [5, 5.41) is 5.60. The number of hydrogen-bond acceptors (Lipinski definition) is 4. The Hall–Kier alpha value is -4.18. The van der Waals surface area contributed by atoms with Gasteiger partial charge in [-0.15, -0.1) is 0 Å². The zero-order valence-corrected chi connectivity index (χ0v) is 20.5. The molecule has 7 nitrogen and oxygen atoms in total. The molecular weight excluding hydrogens is 497 g/mol. The highest BCUT2D eigenvalue weighted by atomic mass is 19.4. The van der Waals surface area contributed by atoms with Crippen LogP contribution in [-0.4, -0.2) is 28.9 Å². The van der Waals surface area contributed by atoms with Crippen molar-refractivity contribution in [2.45, 2.75) is 38.1 Å². The molecule has 0 aliphatic heterocycles. The van der Waals surface area contributed by atoms with Crippen LogP contribution in [0.15, 0.2) is 60.7 Å². The van der Waals surface area contributed by atoms with E-state index in [0.717, 1.165) is 37.0 Å². The van der Waals surface area contributed by atoms with E-state index in [1.54, 1.807) is 0 Å². The van der Waals surface area contributed by atoms with Gasteiger partial charge in [0.1, 0.15) is 17.9 Å². The molecule has 2 amide bonds. The highest BCUT2D eigenvalue weighted by Crippen LogP contribution is 2.33. The van der Waals surface area contributed by atoms with Gasteiger partial charge in [0.2, 0.25) is 0 Å². The minimum atomic E-state index is -4.70. The molecule has 0 saturated heterocycles. The Labute approximate surface area is 216 Å². The van der Waals surface area contributed by atoms with Gasteiger partial charge in [-0.3, -0.25) is 9.59 Å². The molecule has 1 atom stereocenters. The van der Waals surface area contributed by atoms with E-state index in [0.29, 0.717) is 16.9 Å². The first-order valence-corrected chi connectivity index (χ1v) is 12.1. The summed E-state index contributed by atoms with van der Waals surface area (Å²) in [6.07, 6.45) is -2.07. The van der Waals surface area contributed by atoms with Gasteiger partial charge in [0.05, 0.1) is 28.2 Å². The molecule has 3 N–H and O–H groups in total. The number of aromatic amines is 1. The summed E-state index contributed by atoms with van der Waals surface area (Å²) in [6, 6.07) is 15.2. The molecule has 0 radical (unpaired) electrons. The number of fused-ring (bicyclic) bond motifs is 2. The molecule has 0 bridgehead atoms. The van der Waals surface area contributed by atoms with Crippen LogP contribution >= 0.6 is 0 Å². The summed E-state index contributed by atoms with van der Waals surface area (Å²) >= 11 is 0. The van der Waals surface area contributed by atoms with Crippen molar-refractivity contribution >= 4 is 28.5 Å². The normalized spacial score (nSPS) is 15.2. The van der Waals surface area contributed by atoms with Crippen molar-refractivity contribution in [2.24, 2.45) is 0 Å². The third kappa shape index (κ3) is 5.12. The average molecular weight is 523 g/mol. The fraction of sp³-hybridized carbons (Fsp3) is 0.250. The standard InChI is InChI=1S/C28H25F3N4O3/c1-38-15-24-33-23-14-17(32-26(36)19-10-4-5-11-21(19)28(29,30)31)13-20(25(23)35-24)27(37)34-22-12-6-8-16-7-2-3-9-18(16)22/h2-5,7,9-11,13-14,22H,6,8,12,15H2,1H3,(H,32,36)(H,33,35)(H,34,37). The molecule has 1 heterocycles. The van der Waals surface area contributed by atoms with Crippen LogP contribution in [0, 0.1) is 0 Å². The fourth-order valence-electron chi connectivity index (χ4n) is 4.89. The van der Waals surface area contributed by atoms with Gasteiger partial charge in [-0.1, -0.05) is 36.4 Å². The van der Waals surface area contributed by atoms with Crippen LogP contribution in [-0.2, 0) is 23.9 Å². The Balaban J connectivity index is 1.50. The number of aromatic nitrogens is 2. The van der Waals surface area contributed by atoms with Crippen LogP contribution in [0.2, 0.25) is 0 Å². The quantitative estimate of drug-likeness (QED) is 0.299. The fourth-order valence-corrected chi connectivity index (χ4v) is 4.89. The first-order chi connectivity index (χ1) is 18.2. The Morgan fingerprint density at radius 3 is 2.61 bits per heavy atom. The summed E-state index contributed by atoms with van der Waals surface area (Å²) in [6.45, 7) is 0.159. The number of ether oxygens (including phenoxy) is 1. The van der Waals surface area contributed by atoms with Gasteiger partial charge >= 0.3 is 6.18 Å². The molecule has 196 valence electrons. The molecule has 1 aliphatic rings. The molecule has 38 heavy (non-hydrogen) atoms. The molecule has 1 unspecified atom stereocenters. The van der Waals surface area contributed by atoms with E-state index in [4.69, 9.17) is 4.74 Å². The van der Waals surface area contributed by atoms with Gasteiger partial charge < -0.3 is 20.4 Å². The monoisotopic (exact) mass is 522 g/mol. The summed E-state index contributed by atoms with van der Waals surface area (Å²) in [5.74, 6) is -0.883. The molecule has 1 aromatic heterocycles. The van der Waals surface area contributed by atoms with Crippen LogP contribution in [0.4, 0.5) is 18.9 Å². The van der Waals surface area contributed by atoms with E-state index in [1.807, 2.05) is 24.3 Å². The molecule has 1 aliphatic carbocycles. The largest absolute Gasteiger partial charge is 0.417 e. The van der Waals surface area contributed by atoms with Crippen LogP contribution < -0.4 is 10.6 Å². The Morgan fingerprint density at radius 1 is 1.05 bits per heavy atom. The van der Waals surface area contributed by atoms with Crippen LogP contribution in [0.1, 0.15) is 62.1 Å². The lowest BCUT2D eigenvalue weighted by Gasteiger charge is -2.26. The van der Waals surface area contributed by atoms with E-state index in [9.17, 15) is 22.8 Å². The van der Waals surface area contributed by atoms with Crippen molar-refractivity contribution < 1.29 is 27.5 Å². The maximum Gasteiger partial charge on any atom is 0.417 e. The van der Waals surface area contributed by atoms with E-state index in [1.165, 1.54) is 36.9 Å². The summed E-state index contributed by atoms with van der Waals surface area (Å²) in [5.41, 5.74) is 1.82. The third-order valence-electron chi connectivity index (χ3n) is 6.57. The van der Waals surface area contributed by atoms with E-state index < -0.39 is 29.1 Å². The first-order valence-electron chi connectivity index (χ1n) is 12.1. The zero-order valence-electron chi connectivity index (χ0n) is 20.5. The number of nitrogens with one attached hydrogen (secondary N) is 3. The summed E-state index contributed by atoms with van der Waals surface area (Å²) in [4.78, 5) is 34.0. The molecule has 5 rings (SSSR count). The topological polar surface area (TPSA) is 96.1 Å². The molecule has 4 aromatic rings. The zero-order chi connectivity index (χ0) is 26.9. The number of carbonyl (C=O) groups is 2. The molecule has 0 fully saturated rings. The number of methoxy groups -OCH3 is 1. The second-order valence-electron chi connectivity index (χ2n) is 9.15. The summed E-state index contributed by atoms with van der Waals surface area (Å²) in [7, 11) is 1.51. The maximum absolute atomic E-state index is 13.5.